The Labute approximate surface area is 93.1 Å². The van der Waals surface area contributed by atoms with E-state index in [1.165, 1.54) is 0 Å². The fourth-order valence-electron chi connectivity index (χ4n) is 2.13. The molecule has 2 rings (SSSR count). The number of halogens is 1. The molecule has 0 heterocycles. The van der Waals surface area contributed by atoms with E-state index in [0.29, 0.717) is 0 Å². The van der Waals surface area contributed by atoms with Crippen LogP contribution >= 0.6 is 10.7 Å². The first-order chi connectivity index (χ1) is 6.97. The van der Waals surface area contributed by atoms with Gasteiger partial charge in [0, 0.05) is 10.7 Å². The Morgan fingerprint density at radius 1 is 1.47 bits per heavy atom. The molecule has 1 atom stereocenters. The lowest BCUT2D eigenvalue weighted by Crippen LogP contribution is -2.07. The van der Waals surface area contributed by atoms with Gasteiger partial charge in [-0.1, -0.05) is 12.1 Å². The van der Waals surface area contributed by atoms with Gasteiger partial charge in [0.1, 0.15) is 5.75 Å². The van der Waals surface area contributed by atoms with E-state index in [1.54, 1.807) is 12.1 Å². The maximum absolute atomic E-state index is 11.0. The van der Waals surface area contributed by atoms with E-state index in [1.807, 2.05) is 6.07 Å². The van der Waals surface area contributed by atoms with Gasteiger partial charge in [0.05, 0.1) is 5.75 Å². The van der Waals surface area contributed by atoms with E-state index in [0.717, 1.165) is 24.0 Å². The fourth-order valence-corrected chi connectivity index (χ4v) is 3.42. The smallest absolute Gasteiger partial charge is 0.233 e. The Morgan fingerprint density at radius 3 is 2.87 bits per heavy atom. The number of hydrogen-bond acceptors (Lipinski definition) is 3. The van der Waals surface area contributed by atoms with Gasteiger partial charge >= 0.3 is 0 Å². The molecule has 0 aliphatic heterocycles. The van der Waals surface area contributed by atoms with Crippen molar-refractivity contribution in [1.82, 2.24) is 0 Å². The highest BCUT2D eigenvalue weighted by molar-refractivity contribution is 8.13. The second-order valence-electron chi connectivity index (χ2n) is 3.79. The molecule has 0 fully saturated rings. The Balaban J connectivity index is 2.33. The zero-order chi connectivity index (χ0) is 11.1. The third-order valence-electron chi connectivity index (χ3n) is 2.77. The molecule has 82 valence electrons. The van der Waals surface area contributed by atoms with Crippen LogP contribution in [0.1, 0.15) is 23.5 Å². The van der Waals surface area contributed by atoms with Crippen LogP contribution in [0.3, 0.4) is 0 Å². The van der Waals surface area contributed by atoms with Gasteiger partial charge in [0.15, 0.2) is 0 Å². The lowest BCUT2D eigenvalue weighted by molar-refractivity contribution is 0.469. The molecule has 3 nitrogen and oxygen atoms in total. The van der Waals surface area contributed by atoms with Crippen molar-refractivity contribution in [3.05, 3.63) is 29.3 Å². The number of fused-ring (bicyclic) bond motifs is 1. The molecule has 1 unspecified atom stereocenters. The Bertz CT molecular complexity index is 481. The summed E-state index contributed by atoms with van der Waals surface area (Å²) in [5, 5.41) is 9.57. The van der Waals surface area contributed by atoms with Gasteiger partial charge in [-0.05, 0) is 36.0 Å². The lowest BCUT2D eigenvalue weighted by Gasteiger charge is -2.08. The molecule has 0 saturated heterocycles. The van der Waals surface area contributed by atoms with Gasteiger partial charge in [-0.2, -0.15) is 0 Å². The van der Waals surface area contributed by atoms with Crippen molar-refractivity contribution in [3.8, 4) is 5.75 Å². The summed E-state index contributed by atoms with van der Waals surface area (Å²) in [5.41, 5.74) is 1.78. The van der Waals surface area contributed by atoms with Gasteiger partial charge in [-0.15, -0.1) is 0 Å². The summed E-state index contributed by atoms with van der Waals surface area (Å²) in [6.07, 6.45) is 1.46. The SMILES string of the molecule is O=S(=O)(Cl)CC1CCc2c(O)cccc21. The molecule has 1 aromatic rings. The molecule has 0 bridgehead atoms. The van der Waals surface area contributed by atoms with Crippen LogP contribution in [-0.4, -0.2) is 19.3 Å². The van der Waals surface area contributed by atoms with Gasteiger partial charge in [-0.25, -0.2) is 8.42 Å². The minimum Gasteiger partial charge on any atom is -0.508 e. The third-order valence-corrected chi connectivity index (χ3v) is 3.95. The standard InChI is InChI=1S/C10H11ClO3S/c11-15(13,14)6-7-4-5-9-8(7)2-1-3-10(9)12/h1-3,7,12H,4-6H2. The Morgan fingerprint density at radius 2 is 2.20 bits per heavy atom. The second-order valence-corrected chi connectivity index (χ2v) is 6.61. The van der Waals surface area contributed by atoms with E-state index < -0.39 is 9.05 Å². The van der Waals surface area contributed by atoms with E-state index >= 15 is 0 Å². The summed E-state index contributed by atoms with van der Waals surface area (Å²) in [7, 11) is 1.76. The maximum Gasteiger partial charge on any atom is 0.233 e. The molecule has 1 aromatic carbocycles. The zero-order valence-corrected chi connectivity index (χ0v) is 9.55. The lowest BCUT2D eigenvalue weighted by atomic mass is 10.0. The van der Waals surface area contributed by atoms with Crippen molar-refractivity contribution in [2.75, 3.05) is 5.75 Å². The van der Waals surface area contributed by atoms with Gasteiger partial charge in [-0.3, -0.25) is 0 Å². The van der Waals surface area contributed by atoms with Crippen molar-refractivity contribution in [3.63, 3.8) is 0 Å². The summed E-state index contributed by atoms with van der Waals surface area (Å²) >= 11 is 0. The van der Waals surface area contributed by atoms with Gasteiger partial charge in [0.2, 0.25) is 9.05 Å². The molecule has 1 aliphatic carbocycles. The number of phenolic OH excluding ortho intramolecular Hbond substituents is 1. The summed E-state index contributed by atoms with van der Waals surface area (Å²) < 4.78 is 22.0. The highest BCUT2D eigenvalue weighted by atomic mass is 35.7. The van der Waals surface area contributed by atoms with Crippen LogP contribution in [0.2, 0.25) is 0 Å². The van der Waals surface area contributed by atoms with Crippen molar-refractivity contribution in [2.24, 2.45) is 0 Å². The number of phenols is 1. The summed E-state index contributed by atoms with van der Waals surface area (Å²) in [6.45, 7) is 0. The summed E-state index contributed by atoms with van der Waals surface area (Å²) in [4.78, 5) is 0. The molecule has 15 heavy (non-hydrogen) atoms. The van der Waals surface area contributed by atoms with Crippen LogP contribution in [0.4, 0.5) is 0 Å². The minimum absolute atomic E-state index is 0.0506. The van der Waals surface area contributed by atoms with E-state index in [-0.39, 0.29) is 17.4 Å². The van der Waals surface area contributed by atoms with Crippen LogP contribution in [0.5, 0.6) is 5.75 Å². The number of hydrogen-bond donors (Lipinski definition) is 1. The van der Waals surface area contributed by atoms with Crippen LogP contribution < -0.4 is 0 Å². The average Bonchev–Trinajstić information content (AvgIpc) is 2.48. The maximum atomic E-state index is 11.0. The molecule has 1 aliphatic rings. The van der Waals surface area contributed by atoms with E-state index in [2.05, 4.69) is 0 Å². The molecule has 0 amide bonds. The van der Waals surface area contributed by atoms with Crippen molar-refractivity contribution in [1.29, 1.82) is 0 Å². The third kappa shape index (κ3) is 2.26. The van der Waals surface area contributed by atoms with E-state index in [4.69, 9.17) is 10.7 Å². The highest BCUT2D eigenvalue weighted by Crippen LogP contribution is 2.38. The first kappa shape index (κ1) is 10.8. The summed E-state index contributed by atoms with van der Waals surface area (Å²) in [6, 6.07) is 5.21. The minimum atomic E-state index is -3.47. The Hall–Kier alpha value is -0.740. The summed E-state index contributed by atoms with van der Waals surface area (Å²) in [5.74, 6) is 0.127. The van der Waals surface area contributed by atoms with Crippen LogP contribution in [0, 0.1) is 0 Å². The van der Waals surface area contributed by atoms with Crippen LogP contribution in [0.25, 0.3) is 0 Å². The highest BCUT2D eigenvalue weighted by Gasteiger charge is 2.27. The molecule has 0 spiro atoms. The quantitative estimate of drug-likeness (QED) is 0.812. The van der Waals surface area contributed by atoms with Gasteiger partial charge < -0.3 is 5.11 Å². The predicted octanol–water partition coefficient (Wildman–Crippen LogP) is 1.99. The topological polar surface area (TPSA) is 54.4 Å². The first-order valence-electron chi connectivity index (χ1n) is 4.70. The molecular formula is C10H11ClO3S. The number of rotatable bonds is 2. The van der Waals surface area contributed by atoms with Crippen LogP contribution in [0.15, 0.2) is 18.2 Å². The molecular weight excluding hydrogens is 236 g/mol. The molecule has 1 N–H and O–H groups in total. The molecule has 5 heteroatoms. The van der Waals surface area contributed by atoms with Crippen molar-refractivity contribution < 1.29 is 13.5 Å². The second kappa shape index (κ2) is 3.68. The predicted molar refractivity (Wildman–Crippen MR) is 58.8 cm³/mol. The number of benzene rings is 1. The monoisotopic (exact) mass is 246 g/mol. The fraction of sp³-hybridized carbons (Fsp3) is 0.400. The normalized spacial score (nSPS) is 20.2. The zero-order valence-electron chi connectivity index (χ0n) is 7.98. The van der Waals surface area contributed by atoms with Crippen LogP contribution in [-0.2, 0) is 15.5 Å². The number of aromatic hydroxyl groups is 1. The molecule has 0 radical (unpaired) electrons. The van der Waals surface area contributed by atoms with Crippen molar-refractivity contribution in [2.45, 2.75) is 18.8 Å². The first-order valence-corrected chi connectivity index (χ1v) is 7.18. The van der Waals surface area contributed by atoms with Crippen molar-refractivity contribution >= 4 is 19.7 Å². The molecule has 0 aromatic heterocycles. The Kier molecular flexibility index (Phi) is 2.64. The molecule has 0 saturated carbocycles. The average molecular weight is 247 g/mol. The van der Waals surface area contributed by atoms with Gasteiger partial charge in [0.25, 0.3) is 0 Å². The largest absolute Gasteiger partial charge is 0.508 e. The van der Waals surface area contributed by atoms with E-state index in [9.17, 15) is 13.5 Å².